The summed E-state index contributed by atoms with van der Waals surface area (Å²) in [5.74, 6) is -0.817. The molecule has 0 atom stereocenters. The standard InChI is InChI=1S/C14H8F3N3O2S/c15-14(16,17)8-2-1-3-9(6-8)19-11(21)10-7-18-13-20(12(10)22)4-5-23-13/h1-7H,(H,19,21). The molecule has 118 valence electrons. The fourth-order valence-corrected chi connectivity index (χ4v) is 2.63. The lowest BCUT2D eigenvalue weighted by atomic mass is 10.2. The zero-order valence-electron chi connectivity index (χ0n) is 11.3. The summed E-state index contributed by atoms with van der Waals surface area (Å²) in [6.45, 7) is 0. The van der Waals surface area contributed by atoms with Crippen LogP contribution in [0.1, 0.15) is 15.9 Å². The summed E-state index contributed by atoms with van der Waals surface area (Å²) >= 11 is 1.23. The number of hydrogen-bond donors (Lipinski definition) is 1. The zero-order valence-corrected chi connectivity index (χ0v) is 12.1. The lowest BCUT2D eigenvalue weighted by Crippen LogP contribution is -2.25. The number of benzene rings is 1. The van der Waals surface area contributed by atoms with Gasteiger partial charge >= 0.3 is 6.18 Å². The third kappa shape index (κ3) is 2.95. The average Bonchev–Trinajstić information content (AvgIpc) is 2.96. The Labute approximate surface area is 131 Å². The first-order valence-corrected chi connectivity index (χ1v) is 7.18. The van der Waals surface area contributed by atoms with Gasteiger partial charge in [0.2, 0.25) is 0 Å². The third-order valence-corrected chi connectivity index (χ3v) is 3.81. The minimum Gasteiger partial charge on any atom is -0.322 e. The zero-order chi connectivity index (χ0) is 16.6. The number of aromatic nitrogens is 2. The van der Waals surface area contributed by atoms with Gasteiger partial charge in [0.15, 0.2) is 4.96 Å². The van der Waals surface area contributed by atoms with E-state index in [1.54, 1.807) is 5.38 Å². The first kappa shape index (κ1) is 15.2. The highest BCUT2D eigenvalue weighted by Crippen LogP contribution is 2.30. The number of nitrogens with zero attached hydrogens (tertiary/aromatic N) is 2. The predicted octanol–water partition coefficient (Wildman–Crippen LogP) is 3.03. The number of carbonyl (C=O) groups excluding carboxylic acids is 1. The van der Waals surface area contributed by atoms with Crippen molar-refractivity contribution in [3.05, 3.63) is 63.5 Å². The molecule has 1 amide bonds. The van der Waals surface area contributed by atoms with Crippen molar-refractivity contribution in [3.8, 4) is 0 Å². The molecule has 1 N–H and O–H groups in total. The van der Waals surface area contributed by atoms with E-state index in [-0.39, 0.29) is 11.3 Å². The number of anilines is 1. The van der Waals surface area contributed by atoms with E-state index in [1.807, 2.05) is 0 Å². The van der Waals surface area contributed by atoms with Crippen molar-refractivity contribution in [1.82, 2.24) is 9.38 Å². The molecule has 0 radical (unpaired) electrons. The van der Waals surface area contributed by atoms with Crippen molar-refractivity contribution in [3.63, 3.8) is 0 Å². The van der Waals surface area contributed by atoms with Gasteiger partial charge in [-0.05, 0) is 18.2 Å². The van der Waals surface area contributed by atoms with Crippen LogP contribution in [-0.4, -0.2) is 15.3 Å². The van der Waals surface area contributed by atoms with Crippen LogP contribution in [0.4, 0.5) is 18.9 Å². The normalized spacial score (nSPS) is 11.6. The number of fused-ring (bicyclic) bond motifs is 1. The van der Waals surface area contributed by atoms with E-state index in [4.69, 9.17) is 0 Å². The molecule has 3 aromatic rings. The highest BCUT2D eigenvalue weighted by Gasteiger charge is 2.30. The van der Waals surface area contributed by atoms with E-state index in [9.17, 15) is 22.8 Å². The van der Waals surface area contributed by atoms with Crippen LogP contribution < -0.4 is 10.9 Å². The summed E-state index contributed by atoms with van der Waals surface area (Å²) < 4.78 is 39.2. The molecule has 0 spiro atoms. The monoisotopic (exact) mass is 339 g/mol. The largest absolute Gasteiger partial charge is 0.416 e. The molecular formula is C14H8F3N3O2S. The maximum absolute atomic E-state index is 12.7. The van der Waals surface area contributed by atoms with E-state index in [0.29, 0.717) is 4.96 Å². The van der Waals surface area contributed by atoms with E-state index in [1.165, 1.54) is 34.1 Å². The van der Waals surface area contributed by atoms with Crippen LogP contribution in [-0.2, 0) is 6.18 Å². The lowest BCUT2D eigenvalue weighted by molar-refractivity contribution is -0.137. The maximum Gasteiger partial charge on any atom is 0.416 e. The summed E-state index contributed by atoms with van der Waals surface area (Å²) in [6.07, 6.45) is -1.94. The van der Waals surface area contributed by atoms with Crippen LogP contribution in [0.3, 0.4) is 0 Å². The Morgan fingerprint density at radius 1 is 1.30 bits per heavy atom. The van der Waals surface area contributed by atoms with Crippen molar-refractivity contribution < 1.29 is 18.0 Å². The van der Waals surface area contributed by atoms with Crippen LogP contribution in [0, 0.1) is 0 Å². The third-order valence-electron chi connectivity index (χ3n) is 3.04. The quantitative estimate of drug-likeness (QED) is 0.781. The molecule has 0 aliphatic heterocycles. The molecule has 0 aliphatic rings. The number of amides is 1. The molecule has 0 fully saturated rings. The fourth-order valence-electron chi connectivity index (χ4n) is 1.95. The van der Waals surface area contributed by atoms with E-state index in [0.717, 1.165) is 18.3 Å². The predicted molar refractivity (Wildman–Crippen MR) is 78.7 cm³/mol. The summed E-state index contributed by atoms with van der Waals surface area (Å²) in [5, 5.41) is 3.92. The van der Waals surface area contributed by atoms with Gasteiger partial charge in [0.05, 0.1) is 5.56 Å². The Hall–Kier alpha value is -2.68. The number of halogens is 3. The van der Waals surface area contributed by atoms with Gasteiger partial charge in [0.1, 0.15) is 5.56 Å². The Balaban J connectivity index is 1.92. The van der Waals surface area contributed by atoms with Crippen molar-refractivity contribution in [2.24, 2.45) is 0 Å². The van der Waals surface area contributed by atoms with Gasteiger partial charge in [-0.25, -0.2) is 4.98 Å². The van der Waals surface area contributed by atoms with Crippen LogP contribution in [0.25, 0.3) is 4.96 Å². The van der Waals surface area contributed by atoms with E-state index >= 15 is 0 Å². The molecule has 3 rings (SSSR count). The molecule has 5 nitrogen and oxygen atoms in total. The molecule has 9 heteroatoms. The summed E-state index contributed by atoms with van der Waals surface area (Å²) in [6, 6.07) is 4.17. The first-order chi connectivity index (χ1) is 10.9. The van der Waals surface area contributed by atoms with Gasteiger partial charge < -0.3 is 5.32 Å². The molecule has 0 saturated heterocycles. The molecule has 23 heavy (non-hydrogen) atoms. The highest BCUT2D eigenvalue weighted by atomic mass is 32.1. The number of hydrogen-bond acceptors (Lipinski definition) is 4. The summed E-state index contributed by atoms with van der Waals surface area (Å²) in [7, 11) is 0. The second-order valence-electron chi connectivity index (χ2n) is 4.57. The topological polar surface area (TPSA) is 63.5 Å². The Morgan fingerprint density at radius 3 is 2.83 bits per heavy atom. The Morgan fingerprint density at radius 2 is 2.09 bits per heavy atom. The average molecular weight is 339 g/mol. The summed E-state index contributed by atoms with van der Waals surface area (Å²) in [4.78, 5) is 28.6. The molecule has 0 bridgehead atoms. The molecule has 0 saturated carbocycles. The second kappa shape index (κ2) is 5.51. The molecule has 0 aliphatic carbocycles. The van der Waals surface area contributed by atoms with Crippen LogP contribution in [0.15, 0.2) is 46.8 Å². The van der Waals surface area contributed by atoms with Gasteiger partial charge in [-0.15, -0.1) is 11.3 Å². The van der Waals surface area contributed by atoms with Crippen molar-refractivity contribution in [2.45, 2.75) is 6.18 Å². The lowest BCUT2D eigenvalue weighted by Gasteiger charge is -2.09. The van der Waals surface area contributed by atoms with Gasteiger partial charge in [0.25, 0.3) is 11.5 Å². The number of carbonyl (C=O) groups is 1. The Bertz CT molecular complexity index is 946. The number of nitrogens with one attached hydrogen (secondary N) is 1. The molecule has 1 aromatic carbocycles. The number of alkyl halides is 3. The molecule has 0 unspecified atom stereocenters. The molecule has 2 heterocycles. The van der Waals surface area contributed by atoms with E-state index < -0.39 is 23.2 Å². The van der Waals surface area contributed by atoms with Crippen LogP contribution in [0.2, 0.25) is 0 Å². The van der Waals surface area contributed by atoms with Crippen molar-refractivity contribution in [2.75, 3.05) is 5.32 Å². The van der Waals surface area contributed by atoms with Crippen LogP contribution in [0.5, 0.6) is 0 Å². The second-order valence-corrected chi connectivity index (χ2v) is 5.44. The Kier molecular flexibility index (Phi) is 3.64. The minimum atomic E-state index is -4.52. The van der Waals surface area contributed by atoms with Crippen LogP contribution >= 0.6 is 11.3 Å². The fraction of sp³-hybridized carbons (Fsp3) is 0.0714. The van der Waals surface area contributed by atoms with E-state index in [2.05, 4.69) is 10.3 Å². The van der Waals surface area contributed by atoms with Crippen molar-refractivity contribution in [1.29, 1.82) is 0 Å². The van der Waals surface area contributed by atoms with Gasteiger partial charge in [0, 0.05) is 23.5 Å². The first-order valence-electron chi connectivity index (χ1n) is 6.30. The minimum absolute atomic E-state index is 0.0559. The maximum atomic E-state index is 12.7. The number of rotatable bonds is 2. The van der Waals surface area contributed by atoms with Gasteiger partial charge in [-0.1, -0.05) is 6.07 Å². The van der Waals surface area contributed by atoms with Gasteiger partial charge in [-0.2, -0.15) is 13.2 Å². The smallest absolute Gasteiger partial charge is 0.322 e. The SMILES string of the molecule is O=C(Nc1cccc(C(F)(F)F)c1)c1cnc2sccn2c1=O. The van der Waals surface area contributed by atoms with Crippen molar-refractivity contribution >= 4 is 27.9 Å². The molecular weight excluding hydrogens is 331 g/mol. The highest BCUT2D eigenvalue weighted by molar-refractivity contribution is 7.15. The number of thiazole rings is 1. The van der Waals surface area contributed by atoms with Gasteiger partial charge in [-0.3, -0.25) is 14.0 Å². The summed E-state index contributed by atoms with van der Waals surface area (Å²) in [5.41, 5.74) is -1.78. The molecule has 2 aromatic heterocycles.